The third kappa shape index (κ3) is 3.87. The third-order valence-electron chi connectivity index (χ3n) is 2.75. The molecule has 0 radical (unpaired) electrons. The molecule has 1 aromatic carbocycles. The molecular formula is C14H18N2O4. The summed E-state index contributed by atoms with van der Waals surface area (Å²) in [7, 11) is 3.13. The van der Waals surface area contributed by atoms with Crippen LogP contribution in [-0.2, 0) is 4.79 Å². The Morgan fingerprint density at radius 1 is 1.50 bits per heavy atom. The van der Waals surface area contributed by atoms with E-state index in [0.29, 0.717) is 23.7 Å². The molecule has 1 atom stereocenters. The number of nitriles is 1. The Labute approximate surface area is 118 Å². The number of hydrogen-bond donors (Lipinski definition) is 1. The second-order valence-corrected chi connectivity index (χ2v) is 4.18. The van der Waals surface area contributed by atoms with Crippen molar-refractivity contribution in [3.05, 3.63) is 23.8 Å². The average molecular weight is 278 g/mol. The summed E-state index contributed by atoms with van der Waals surface area (Å²) < 4.78 is 10.6. The fourth-order valence-corrected chi connectivity index (χ4v) is 1.86. The van der Waals surface area contributed by atoms with Crippen molar-refractivity contribution in [2.75, 3.05) is 27.3 Å². The quantitative estimate of drug-likeness (QED) is 0.817. The van der Waals surface area contributed by atoms with Crippen LogP contribution in [0.25, 0.3) is 0 Å². The molecule has 0 fully saturated rings. The van der Waals surface area contributed by atoms with E-state index in [1.54, 1.807) is 25.2 Å². The largest absolute Gasteiger partial charge is 0.493 e. The zero-order valence-corrected chi connectivity index (χ0v) is 11.8. The second-order valence-electron chi connectivity index (χ2n) is 4.18. The molecule has 20 heavy (non-hydrogen) atoms. The van der Waals surface area contributed by atoms with Crippen LogP contribution in [-0.4, -0.2) is 43.3 Å². The van der Waals surface area contributed by atoms with Crippen LogP contribution < -0.4 is 9.47 Å². The van der Waals surface area contributed by atoms with Crippen molar-refractivity contribution in [1.82, 2.24) is 4.90 Å². The number of nitrogens with zero attached hydrogens (tertiary/aromatic N) is 2. The average Bonchev–Trinajstić information content (AvgIpc) is 2.39. The standard InChI is InChI=1S/C14H18N2O4/c1-4-20-13-7-10(5-6-12(13)19-3)11(8-15)16(2)9-14(17)18/h5-7,11H,4,9H2,1-3H3,(H,17,18). The first-order chi connectivity index (χ1) is 9.53. The van der Waals surface area contributed by atoms with Gasteiger partial charge in [-0.05, 0) is 31.7 Å². The molecule has 108 valence electrons. The number of carbonyl (C=O) groups is 1. The number of methoxy groups -OCH3 is 1. The molecule has 1 N–H and O–H groups in total. The Morgan fingerprint density at radius 2 is 2.20 bits per heavy atom. The summed E-state index contributed by atoms with van der Waals surface area (Å²) in [5.41, 5.74) is 0.667. The van der Waals surface area contributed by atoms with Gasteiger partial charge in [0.2, 0.25) is 0 Å². The van der Waals surface area contributed by atoms with Crippen molar-refractivity contribution < 1.29 is 19.4 Å². The van der Waals surface area contributed by atoms with Gasteiger partial charge in [0, 0.05) is 0 Å². The Kier molecular flexibility index (Phi) is 5.81. The van der Waals surface area contributed by atoms with Crippen LogP contribution in [0.1, 0.15) is 18.5 Å². The highest BCUT2D eigenvalue weighted by Crippen LogP contribution is 2.31. The summed E-state index contributed by atoms with van der Waals surface area (Å²) in [5.74, 6) is 0.135. The maximum atomic E-state index is 10.7. The lowest BCUT2D eigenvalue weighted by atomic mass is 10.1. The highest BCUT2D eigenvalue weighted by Gasteiger charge is 2.20. The summed E-state index contributed by atoms with van der Waals surface area (Å²) in [6.45, 7) is 2.11. The maximum Gasteiger partial charge on any atom is 0.317 e. The molecule has 0 bridgehead atoms. The van der Waals surface area contributed by atoms with Gasteiger partial charge in [0.1, 0.15) is 6.04 Å². The van der Waals surface area contributed by atoms with E-state index in [2.05, 4.69) is 6.07 Å². The van der Waals surface area contributed by atoms with Gasteiger partial charge in [-0.1, -0.05) is 6.07 Å². The van der Waals surface area contributed by atoms with Gasteiger partial charge in [-0.3, -0.25) is 9.69 Å². The summed E-state index contributed by atoms with van der Waals surface area (Å²) in [4.78, 5) is 12.2. The summed E-state index contributed by atoms with van der Waals surface area (Å²) in [6.07, 6.45) is 0. The highest BCUT2D eigenvalue weighted by atomic mass is 16.5. The zero-order valence-electron chi connectivity index (χ0n) is 11.8. The van der Waals surface area contributed by atoms with E-state index in [0.717, 1.165) is 0 Å². The number of aliphatic carboxylic acids is 1. The molecule has 1 unspecified atom stereocenters. The molecule has 0 aliphatic heterocycles. The first-order valence-corrected chi connectivity index (χ1v) is 6.15. The number of rotatable bonds is 7. The normalized spacial score (nSPS) is 11.8. The zero-order chi connectivity index (χ0) is 15.1. The van der Waals surface area contributed by atoms with Crippen molar-refractivity contribution in [2.24, 2.45) is 0 Å². The van der Waals surface area contributed by atoms with Gasteiger partial charge in [0.05, 0.1) is 26.3 Å². The minimum absolute atomic E-state index is 0.214. The van der Waals surface area contributed by atoms with Crippen LogP contribution in [0.15, 0.2) is 18.2 Å². The summed E-state index contributed by atoms with van der Waals surface area (Å²) in [6, 6.07) is 6.58. The molecule has 0 saturated heterocycles. The molecule has 1 aromatic rings. The van der Waals surface area contributed by atoms with Crippen molar-refractivity contribution in [3.8, 4) is 17.6 Å². The van der Waals surface area contributed by atoms with Crippen molar-refractivity contribution in [3.63, 3.8) is 0 Å². The van der Waals surface area contributed by atoms with Gasteiger partial charge in [0.15, 0.2) is 11.5 Å². The molecule has 0 saturated carbocycles. The first kappa shape index (κ1) is 15.8. The van der Waals surface area contributed by atoms with Crippen LogP contribution in [0, 0.1) is 11.3 Å². The van der Waals surface area contributed by atoms with Crippen molar-refractivity contribution >= 4 is 5.97 Å². The molecule has 6 nitrogen and oxygen atoms in total. The molecule has 1 rings (SSSR count). The number of ether oxygens (including phenoxy) is 2. The van der Waals surface area contributed by atoms with Crippen LogP contribution in [0.3, 0.4) is 0 Å². The third-order valence-corrected chi connectivity index (χ3v) is 2.75. The van der Waals surface area contributed by atoms with E-state index in [4.69, 9.17) is 14.6 Å². The molecule has 0 aliphatic carbocycles. The Bertz CT molecular complexity index is 510. The molecule has 0 aromatic heterocycles. The predicted molar refractivity (Wildman–Crippen MR) is 72.8 cm³/mol. The highest BCUT2D eigenvalue weighted by molar-refractivity contribution is 5.69. The van der Waals surface area contributed by atoms with E-state index < -0.39 is 12.0 Å². The molecule has 0 aliphatic rings. The Balaban J connectivity index is 3.07. The van der Waals surface area contributed by atoms with E-state index >= 15 is 0 Å². The lowest BCUT2D eigenvalue weighted by Gasteiger charge is -2.21. The van der Waals surface area contributed by atoms with Crippen LogP contribution in [0.5, 0.6) is 11.5 Å². The summed E-state index contributed by atoms with van der Waals surface area (Å²) in [5, 5.41) is 18.1. The van der Waals surface area contributed by atoms with E-state index in [9.17, 15) is 10.1 Å². The molecule has 0 amide bonds. The number of benzene rings is 1. The van der Waals surface area contributed by atoms with Crippen LogP contribution >= 0.6 is 0 Å². The van der Waals surface area contributed by atoms with Crippen molar-refractivity contribution in [1.29, 1.82) is 5.26 Å². The van der Waals surface area contributed by atoms with Gasteiger partial charge in [0.25, 0.3) is 0 Å². The smallest absolute Gasteiger partial charge is 0.317 e. The lowest BCUT2D eigenvalue weighted by molar-refractivity contribution is -0.138. The minimum Gasteiger partial charge on any atom is -0.493 e. The molecular weight excluding hydrogens is 260 g/mol. The fraction of sp³-hybridized carbons (Fsp3) is 0.429. The van der Waals surface area contributed by atoms with Gasteiger partial charge in [-0.2, -0.15) is 5.26 Å². The number of carboxylic acid groups (broad SMARTS) is 1. The van der Waals surface area contributed by atoms with Gasteiger partial charge >= 0.3 is 5.97 Å². The first-order valence-electron chi connectivity index (χ1n) is 6.15. The second kappa shape index (κ2) is 7.36. The molecule has 0 heterocycles. The minimum atomic E-state index is -0.980. The van der Waals surface area contributed by atoms with Gasteiger partial charge in [-0.15, -0.1) is 0 Å². The summed E-state index contributed by atoms with van der Waals surface area (Å²) >= 11 is 0. The molecule has 6 heteroatoms. The van der Waals surface area contributed by atoms with Crippen LogP contribution in [0.4, 0.5) is 0 Å². The Morgan fingerprint density at radius 3 is 2.70 bits per heavy atom. The van der Waals surface area contributed by atoms with Crippen LogP contribution in [0.2, 0.25) is 0 Å². The SMILES string of the molecule is CCOc1cc(C(C#N)N(C)CC(=O)O)ccc1OC. The number of likely N-dealkylation sites (N-methyl/N-ethyl adjacent to an activating group) is 1. The Hall–Kier alpha value is -2.26. The number of carboxylic acids is 1. The van der Waals surface area contributed by atoms with Crippen molar-refractivity contribution in [2.45, 2.75) is 13.0 Å². The fourth-order valence-electron chi connectivity index (χ4n) is 1.86. The number of hydrogen-bond acceptors (Lipinski definition) is 5. The molecule has 0 spiro atoms. The van der Waals surface area contributed by atoms with E-state index in [1.807, 2.05) is 6.92 Å². The monoisotopic (exact) mass is 278 g/mol. The maximum absolute atomic E-state index is 10.7. The topological polar surface area (TPSA) is 82.8 Å². The van der Waals surface area contributed by atoms with Gasteiger partial charge in [-0.25, -0.2) is 0 Å². The van der Waals surface area contributed by atoms with Gasteiger partial charge < -0.3 is 14.6 Å². The van der Waals surface area contributed by atoms with E-state index in [-0.39, 0.29) is 6.54 Å². The lowest BCUT2D eigenvalue weighted by Crippen LogP contribution is -2.29. The predicted octanol–water partition coefficient (Wildman–Crippen LogP) is 1.67. The van der Waals surface area contributed by atoms with E-state index in [1.165, 1.54) is 12.0 Å².